The molecular formula is C14H22O. The third-order valence-electron chi connectivity index (χ3n) is 2.37. The molecule has 0 spiro atoms. The first kappa shape index (κ1) is 10.5. The van der Waals surface area contributed by atoms with Crippen molar-refractivity contribution in [3.63, 3.8) is 0 Å². The molecular weight excluding hydrogens is 184 g/mol. The number of ether oxygens (including phenoxy) is 1. The van der Waals surface area contributed by atoms with Crippen molar-refractivity contribution in [2.45, 2.75) is 52.0 Å². The molecule has 84 valence electrons. The van der Waals surface area contributed by atoms with Gasteiger partial charge < -0.3 is 4.74 Å². The molecule has 1 rings (SSSR count). The average Bonchev–Trinajstić information content (AvgIpc) is 2.34. The van der Waals surface area contributed by atoms with Gasteiger partial charge in [-0.1, -0.05) is 51.3 Å². The molecule has 0 N–H and O–H groups in total. The van der Waals surface area contributed by atoms with E-state index in [0.29, 0.717) is 0 Å². The van der Waals surface area contributed by atoms with Crippen LogP contribution in [0.4, 0.5) is 0 Å². The van der Waals surface area contributed by atoms with Crippen LogP contribution in [-0.4, -0.2) is 6.10 Å². The zero-order valence-corrected chi connectivity index (χ0v) is 9.78. The number of rotatable bonds is 7. The molecule has 2 atom stereocenters. The Balaban J connectivity index is 2.56. The summed E-state index contributed by atoms with van der Waals surface area (Å²) in [5.41, 5.74) is 0. The second kappa shape index (κ2) is 7.33. The Morgan fingerprint density at radius 2 is 1.93 bits per heavy atom. The van der Waals surface area contributed by atoms with E-state index in [2.05, 4.69) is 6.92 Å². The van der Waals surface area contributed by atoms with Crippen molar-refractivity contribution in [3.8, 4) is 5.75 Å². The lowest BCUT2D eigenvalue weighted by molar-refractivity contribution is 0.176. The number of para-hydroxylation sites is 1. The summed E-state index contributed by atoms with van der Waals surface area (Å²) >= 11 is 0. The van der Waals surface area contributed by atoms with E-state index in [9.17, 15) is 0 Å². The highest BCUT2D eigenvalue weighted by atomic mass is 16.5. The van der Waals surface area contributed by atoms with E-state index in [1.807, 2.05) is 37.3 Å². The maximum Gasteiger partial charge on any atom is 0.119 e. The Kier molecular flexibility index (Phi) is 5.15. The first-order valence-corrected chi connectivity index (χ1v) is 5.91. The van der Waals surface area contributed by atoms with Crippen molar-refractivity contribution >= 4 is 0 Å². The van der Waals surface area contributed by atoms with E-state index in [1.54, 1.807) is 0 Å². The van der Waals surface area contributed by atoms with Crippen LogP contribution in [0.25, 0.3) is 0 Å². The molecule has 0 saturated carbocycles. The predicted octanol–water partition coefficient (Wildman–Crippen LogP) is 4.42. The van der Waals surface area contributed by atoms with Gasteiger partial charge in [-0.3, -0.25) is 0 Å². The smallest absolute Gasteiger partial charge is 0.119 e. The Hall–Kier alpha value is -0.980. The molecule has 0 aliphatic carbocycles. The fraction of sp³-hybridized carbons (Fsp3) is 0.571. The van der Waals surface area contributed by atoms with Gasteiger partial charge in [-0.25, -0.2) is 0 Å². The van der Waals surface area contributed by atoms with Gasteiger partial charge in [-0.2, -0.15) is 0 Å². The standard InChI is InChI=1S/C14H22O/c1-3-5-10-13(9-4-2)15-14-11-7-6-8-12-14/h6-8,11-13H,3-5,9-10H2,1-2H3/t13-/m1/s1/i9D/t9-,13+/m0. The van der Waals surface area contributed by atoms with Gasteiger partial charge in [-0.05, 0) is 25.0 Å². The molecule has 0 radical (unpaired) electrons. The average molecular weight is 207 g/mol. The Bertz CT molecular complexity index is 273. The second-order valence-electron chi connectivity index (χ2n) is 3.76. The quantitative estimate of drug-likeness (QED) is 0.643. The van der Waals surface area contributed by atoms with Crippen molar-refractivity contribution in [1.82, 2.24) is 0 Å². The molecule has 0 aliphatic heterocycles. The van der Waals surface area contributed by atoms with Crippen molar-refractivity contribution in [2.75, 3.05) is 0 Å². The number of hydrogen-bond donors (Lipinski definition) is 0. The normalized spacial score (nSPS) is 15.5. The fourth-order valence-electron chi connectivity index (χ4n) is 1.57. The summed E-state index contributed by atoms with van der Waals surface area (Å²) in [6, 6.07) is 9.84. The van der Waals surface area contributed by atoms with Crippen LogP contribution in [0.15, 0.2) is 30.3 Å². The molecule has 0 fully saturated rings. The summed E-state index contributed by atoms with van der Waals surface area (Å²) < 4.78 is 13.9. The molecule has 1 heteroatoms. The van der Waals surface area contributed by atoms with E-state index in [4.69, 9.17) is 6.11 Å². The van der Waals surface area contributed by atoms with Crippen molar-refractivity contribution in [2.24, 2.45) is 0 Å². The SMILES string of the molecule is [2H][C@@H](CC)[C@H](CCCC)Oc1ccccc1. The maximum atomic E-state index is 7.98. The topological polar surface area (TPSA) is 9.23 Å². The van der Waals surface area contributed by atoms with E-state index in [1.165, 1.54) is 0 Å². The van der Waals surface area contributed by atoms with Crippen LogP contribution in [0.2, 0.25) is 0 Å². The minimum absolute atomic E-state index is 0.0346. The van der Waals surface area contributed by atoms with Gasteiger partial charge in [0.15, 0.2) is 0 Å². The fourth-order valence-corrected chi connectivity index (χ4v) is 1.57. The zero-order valence-electron chi connectivity index (χ0n) is 10.8. The van der Waals surface area contributed by atoms with Gasteiger partial charge in [-0.15, -0.1) is 0 Å². The summed E-state index contributed by atoms with van der Waals surface area (Å²) in [6.07, 6.45) is 4.03. The zero-order chi connectivity index (χ0) is 11.8. The molecule has 0 saturated heterocycles. The molecule has 0 heterocycles. The monoisotopic (exact) mass is 207 g/mol. The summed E-state index contributed by atoms with van der Waals surface area (Å²) in [5.74, 6) is 0.884. The molecule has 1 aromatic rings. The van der Waals surface area contributed by atoms with Crippen LogP contribution in [0.3, 0.4) is 0 Å². The van der Waals surface area contributed by atoms with E-state index in [-0.39, 0.29) is 12.5 Å². The van der Waals surface area contributed by atoms with Gasteiger partial charge in [0.2, 0.25) is 0 Å². The third kappa shape index (κ3) is 4.87. The molecule has 0 unspecified atom stereocenters. The summed E-state index contributed by atoms with van der Waals surface area (Å²) in [6.45, 7) is 4.22. The highest BCUT2D eigenvalue weighted by Gasteiger charge is 2.08. The van der Waals surface area contributed by atoms with Crippen molar-refractivity contribution in [3.05, 3.63) is 30.3 Å². The number of unbranched alkanes of at least 4 members (excludes halogenated alkanes) is 1. The van der Waals surface area contributed by atoms with Crippen molar-refractivity contribution < 1.29 is 6.11 Å². The number of hydrogen-bond acceptors (Lipinski definition) is 1. The molecule has 0 aromatic heterocycles. The van der Waals surface area contributed by atoms with E-state index >= 15 is 0 Å². The van der Waals surface area contributed by atoms with E-state index < -0.39 is 0 Å². The van der Waals surface area contributed by atoms with Gasteiger partial charge in [0.1, 0.15) is 5.75 Å². The van der Waals surface area contributed by atoms with Crippen LogP contribution in [0.5, 0.6) is 5.75 Å². The largest absolute Gasteiger partial charge is 0.490 e. The highest BCUT2D eigenvalue weighted by Crippen LogP contribution is 2.17. The summed E-state index contributed by atoms with van der Waals surface area (Å²) in [5, 5.41) is 0. The summed E-state index contributed by atoms with van der Waals surface area (Å²) in [4.78, 5) is 0. The molecule has 0 bridgehead atoms. The maximum absolute atomic E-state index is 7.98. The summed E-state index contributed by atoms with van der Waals surface area (Å²) in [7, 11) is 0. The van der Waals surface area contributed by atoms with Crippen LogP contribution in [0.1, 0.15) is 47.3 Å². The number of benzene rings is 1. The minimum Gasteiger partial charge on any atom is -0.490 e. The molecule has 0 amide bonds. The van der Waals surface area contributed by atoms with Crippen LogP contribution in [-0.2, 0) is 0 Å². The van der Waals surface area contributed by atoms with Crippen molar-refractivity contribution in [1.29, 1.82) is 0 Å². The third-order valence-corrected chi connectivity index (χ3v) is 2.37. The van der Waals surface area contributed by atoms with E-state index in [0.717, 1.165) is 31.4 Å². The lowest BCUT2D eigenvalue weighted by atomic mass is 10.1. The van der Waals surface area contributed by atoms with Gasteiger partial charge in [0.25, 0.3) is 0 Å². The molecule has 15 heavy (non-hydrogen) atoms. The van der Waals surface area contributed by atoms with Crippen LogP contribution in [0, 0.1) is 0 Å². The molecule has 0 aliphatic rings. The van der Waals surface area contributed by atoms with Crippen LogP contribution < -0.4 is 4.74 Å². The predicted molar refractivity (Wildman–Crippen MR) is 65.3 cm³/mol. The lowest BCUT2D eigenvalue weighted by Crippen LogP contribution is -2.15. The first-order chi connectivity index (χ1) is 7.77. The molecule has 1 aromatic carbocycles. The Morgan fingerprint density at radius 3 is 2.53 bits per heavy atom. The van der Waals surface area contributed by atoms with Gasteiger partial charge in [0.05, 0.1) is 6.10 Å². The minimum atomic E-state index is -0.119. The first-order valence-electron chi connectivity index (χ1n) is 6.49. The van der Waals surface area contributed by atoms with Gasteiger partial charge in [0, 0.05) is 1.37 Å². The second-order valence-corrected chi connectivity index (χ2v) is 3.76. The van der Waals surface area contributed by atoms with Crippen LogP contribution >= 0.6 is 0 Å². The Morgan fingerprint density at radius 1 is 1.20 bits per heavy atom. The van der Waals surface area contributed by atoms with Gasteiger partial charge >= 0.3 is 0 Å². The Labute approximate surface area is 94.9 Å². The lowest BCUT2D eigenvalue weighted by Gasteiger charge is -2.18. The highest BCUT2D eigenvalue weighted by molar-refractivity contribution is 5.21. The molecule has 1 nitrogen and oxygen atoms in total.